The number of hydrogen-bond donors (Lipinski definition) is 0. The number of carbonyl (C=O) groups is 1. The van der Waals surface area contributed by atoms with Gasteiger partial charge < -0.3 is 9.64 Å². The van der Waals surface area contributed by atoms with Crippen LogP contribution in [0.5, 0.6) is 0 Å². The van der Waals surface area contributed by atoms with E-state index in [4.69, 9.17) is 4.74 Å². The number of amides is 1. The number of nitrogens with zero attached hydrogens (tertiary/aromatic N) is 3. The van der Waals surface area contributed by atoms with Crippen LogP contribution in [0.4, 0.5) is 4.79 Å². The number of nitriles is 1. The van der Waals surface area contributed by atoms with Crippen LogP contribution in [-0.2, 0) is 10.2 Å². The molecule has 0 radical (unpaired) electrons. The molecule has 2 fully saturated rings. The number of thiazole rings is 1. The summed E-state index contributed by atoms with van der Waals surface area (Å²) < 4.78 is 5.45. The second-order valence-corrected chi connectivity index (χ2v) is 8.06. The zero-order valence-corrected chi connectivity index (χ0v) is 14.2. The summed E-state index contributed by atoms with van der Waals surface area (Å²) in [7, 11) is 0. The van der Waals surface area contributed by atoms with Gasteiger partial charge in [0, 0.05) is 30.1 Å². The molecule has 22 heavy (non-hydrogen) atoms. The standard InChI is InChI=1S/C16H21N3O2S/c1-10-8-22-13(18-10)16(9-17)11-5-6-19(7-12(11)16)14(20)21-15(2,3)4/h8,11-12H,5-7H2,1-4H3. The molecule has 1 aromatic heterocycles. The smallest absolute Gasteiger partial charge is 0.410 e. The average Bonchev–Trinajstić information content (AvgIpc) is 2.89. The van der Waals surface area contributed by atoms with E-state index in [-0.39, 0.29) is 12.0 Å². The Bertz CT molecular complexity index is 643. The number of aryl methyl sites for hydroxylation is 1. The van der Waals surface area contributed by atoms with E-state index in [0.717, 1.165) is 17.1 Å². The van der Waals surface area contributed by atoms with Gasteiger partial charge in [0.25, 0.3) is 0 Å². The Balaban J connectivity index is 1.75. The fraction of sp³-hybridized carbons (Fsp3) is 0.688. The van der Waals surface area contributed by atoms with Gasteiger partial charge in [0.2, 0.25) is 0 Å². The number of carbonyl (C=O) groups excluding carboxylic acids is 1. The first kappa shape index (κ1) is 15.3. The lowest BCUT2D eigenvalue weighted by atomic mass is 10.0. The van der Waals surface area contributed by atoms with Crippen LogP contribution in [0, 0.1) is 30.1 Å². The number of rotatable bonds is 1. The predicted molar refractivity (Wildman–Crippen MR) is 83.5 cm³/mol. The van der Waals surface area contributed by atoms with E-state index in [9.17, 15) is 10.1 Å². The number of piperidine rings is 1. The van der Waals surface area contributed by atoms with E-state index in [2.05, 4.69) is 11.1 Å². The van der Waals surface area contributed by atoms with E-state index < -0.39 is 11.0 Å². The SMILES string of the molecule is Cc1csc(C2(C#N)C3CCN(C(=O)OC(C)(C)C)CC32)n1. The first-order valence-electron chi connectivity index (χ1n) is 7.59. The highest BCUT2D eigenvalue weighted by molar-refractivity contribution is 7.09. The zero-order chi connectivity index (χ0) is 16.1. The molecule has 1 saturated heterocycles. The molecule has 6 heteroatoms. The number of aromatic nitrogens is 1. The van der Waals surface area contributed by atoms with Crippen molar-refractivity contribution >= 4 is 17.4 Å². The average molecular weight is 319 g/mol. The molecule has 1 aliphatic carbocycles. The summed E-state index contributed by atoms with van der Waals surface area (Å²) in [5.41, 5.74) is -0.0198. The van der Waals surface area contributed by atoms with Crippen LogP contribution >= 0.6 is 11.3 Å². The topological polar surface area (TPSA) is 66.2 Å². The van der Waals surface area contributed by atoms with Gasteiger partial charge in [-0.25, -0.2) is 9.78 Å². The molecule has 0 aromatic carbocycles. The molecule has 118 valence electrons. The first-order valence-corrected chi connectivity index (χ1v) is 8.47. The Hall–Kier alpha value is -1.61. The van der Waals surface area contributed by atoms with Crippen molar-refractivity contribution in [1.82, 2.24) is 9.88 Å². The van der Waals surface area contributed by atoms with Gasteiger partial charge in [-0.15, -0.1) is 11.3 Å². The summed E-state index contributed by atoms with van der Waals surface area (Å²) in [6, 6.07) is 2.50. The fourth-order valence-electron chi connectivity index (χ4n) is 3.43. The van der Waals surface area contributed by atoms with Gasteiger partial charge in [0.15, 0.2) is 0 Å². The fourth-order valence-corrected chi connectivity index (χ4v) is 4.50. The quantitative estimate of drug-likeness (QED) is 0.798. The zero-order valence-electron chi connectivity index (χ0n) is 13.4. The van der Waals surface area contributed by atoms with E-state index in [1.165, 1.54) is 0 Å². The summed E-state index contributed by atoms with van der Waals surface area (Å²) in [6.45, 7) is 8.80. The Morgan fingerprint density at radius 2 is 2.27 bits per heavy atom. The van der Waals surface area contributed by atoms with Crippen molar-refractivity contribution in [2.75, 3.05) is 13.1 Å². The van der Waals surface area contributed by atoms with Crippen LogP contribution in [0.2, 0.25) is 0 Å². The second-order valence-electron chi connectivity index (χ2n) is 7.20. The van der Waals surface area contributed by atoms with Crippen LogP contribution in [0.3, 0.4) is 0 Å². The van der Waals surface area contributed by atoms with E-state index in [0.29, 0.717) is 19.0 Å². The van der Waals surface area contributed by atoms with Crippen molar-refractivity contribution in [3.8, 4) is 6.07 Å². The van der Waals surface area contributed by atoms with Crippen molar-refractivity contribution in [1.29, 1.82) is 5.26 Å². The minimum atomic E-state index is -0.490. The summed E-state index contributed by atoms with van der Waals surface area (Å²) in [6.07, 6.45) is 0.566. The lowest BCUT2D eigenvalue weighted by Crippen LogP contribution is -2.40. The Morgan fingerprint density at radius 3 is 2.82 bits per heavy atom. The Kier molecular flexibility index (Phi) is 3.44. The lowest BCUT2D eigenvalue weighted by molar-refractivity contribution is 0.0207. The molecule has 3 atom stereocenters. The first-order chi connectivity index (χ1) is 10.3. The highest BCUT2D eigenvalue weighted by Gasteiger charge is 2.69. The molecule has 1 aromatic rings. The summed E-state index contributed by atoms with van der Waals surface area (Å²) in [5, 5.41) is 12.6. The molecule has 5 nitrogen and oxygen atoms in total. The van der Waals surface area contributed by atoms with Crippen LogP contribution in [-0.4, -0.2) is 34.7 Å². The molecule has 0 spiro atoms. The molecular formula is C16H21N3O2S. The van der Waals surface area contributed by atoms with E-state index in [1.807, 2.05) is 33.1 Å². The number of likely N-dealkylation sites (tertiary alicyclic amines) is 1. The third kappa shape index (κ3) is 2.38. The number of hydrogen-bond acceptors (Lipinski definition) is 5. The minimum Gasteiger partial charge on any atom is -0.444 e. The molecule has 2 heterocycles. The van der Waals surface area contributed by atoms with Gasteiger partial charge in [0.1, 0.15) is 16.0 Å². The number of ether oxygens (including phenoxy) is 1. The molecule has 1 aliphatic heterocycles. The maximum atomic E-state index is 12.2. The highest BCUT2D eigenvalue weighted by Crippen LogP contribution is 2.63. The van der Waals surface area contributed by atoms with Gasteiger partial charge in [-0.2, -0.15) is 5.26 Å². The molecule has 1 amide bonds. The molecule has 2 aliphatic rings. The largest absolute Gasteiger partial charge is 0.444 e. The molecule has 3 unspecified atom stereocenters. The van der Waals surface area contributed by atoms with Crippen LogP contribution in [0.25, 0.3) is 0 Å². The lowest BCUT2D eigenvalue weighted by Gasteiger charge is -2.29. The van der Waals surface area contributed by atoms with E-state index in [1.54, 1.807) is 16.2 Å². The van der Waals surface area contributed by atoms with Crippen molar-refractivity contribution < 1.29 is 9.53 Å². The normalized spacial score (nSPS) is 30.4. The summed E-state index contributed by atoms with van der Waals surface area (Å²) in [5.74, 6) is 0.506. The van der Waals surface area contributed by atoms with E-state index >= 15 is 0 Å². The van der Waals surface area contributed by atoms with Crippen molar-refractivity contribution in [2.24, 2.45) is 11.8 Å². The van der Waals surface area contributed by atoms with Crippen molar-refractivity contribution in [2.45, 2.75) is 45.1 Å². The highest BCUT2D eigenvalue weighted by atomic mass is 32.1. The van der Waals surface area contributed by atoms with Crippen LogP contribution in [0.1, 0.15) is 37.9 Å². The minimum absolute atomic E-state index is 0.185. The third-order valence-corrected chi connectivity index (χ3v) is 5.59. The Labute approximate surface area is 134 Å². The second kappa shape index (κ2) is 4.95. The number of fused-ring (bicyclic) bond motifs is 1. The van der Waals surface area contributed by atoms with Crippen molar-refractivity contribution in [3.63, 3.8) is 0 Å². The van der Waals surface area contributed by atoms with Crippen molar-refractivity contribution in [3.05, 3.63) is 16.1 Å². The molecule has 1 saturated carbocycles. The third-order valence-electron chi connectivity index (χ3n) is 4.48. The molecule has 0 bridgehead atoms. The van der Waals surface area contributed by atoms with Crippen LogP contribution in [0.15, 0.2) is 5.38 Å². The molecule has 3 rings (SSSR count). The maximum Gasteiger partial charge on any atom is 0.410 e. The van der Waals surface area contributed by atoms with Gasteiger partial charge in [-0.1, -0.05) is 0 Å². The maximum absolute atomic E-state index is 12.2. The molecule has 0 N–H and O–H groups in total. The van der Waals surface area contributed by atoms with Crippen LogP contribution < -0.4 is 0 Å². The van der Waals surface area contributed by atoms with Gasteiger partial charge in [-0.3, -0.25) is 0 Å². The predicted octanol–water partition coefficient (Wildman–Crippen LogP) is 3.10. The summed E-state index contributed by atoms with van der Waals surface area (Å²) in [4.78, 5) is 18.5. The van der Waals surface area contributed by atoms with Gasteiger partial charge >= 0.3 is 6.09 Å². The van der Waals surface area contributed by atoms with Gasteiger partial charge in [0.05, 0.1) is 6.07 Å². The summed E-state index contributed by atoms with van der Waals surface area (Å²) >= 11 is 1.56. The Morgan fingerprint density at radius 1 is 1.55 bits per heavy atom. The molecular weight excluding hydrogens is 298 g/mol. The monoisotopic (exact) mass is 319 g/mol. The van der Waals surface area contributed by atoms with Gasteiger partial charge in [-0.05, 0) is 40.0 Å².